The zero-order valence-corrected chi connectivity index (χ0v) is 16.8. The Morgan fingerprint density at radius 2 is 1.88 bits per heavy atom. The molecule has 6 nitrogen and oxygen atoms in total. The van der Waals surface area contributed by atoms with Crippen molar-refractivity contribution in [1.82, 2.24) is 15.5 Å². The van der Waals surface area contributed by atoms with Crippen LogP contribution in [0.25, 0.3) is 0 Å². The predicted molar refractivity (Wildman–Crippen MR) is 108 cm³/mol. The molecule has 6 heteroatoms. The van der Waals surface area contributed by atoms with E-state index >= 15 is 0 Å². The number of hydrogen-bond donors (Lipinski definition) is 2. The molecule has 1 aromatic rings. The van der Waals surface area contributed by atoms with Gasteiger partial charge in [-0.25, -0.2) is 0 Å². The Balaban J connectivity index is 2.61. The number of rotatable bonds is 10. The summed E-state index contributed by atoms with van der Waals surface area (Å²) in [5.74, 6) is 2.03. The van der Waals surface area contributed by atoms with E-state index in [0.29, 0.717) is 19.5 Å². The Kier molecular flexibility index (Phi) is 10.2. The summed E-state index contributed by atoms with van der Waals surface area (Å²) in [6.45, 7) is 11.7. The maximum absolute atomic E-state index is 12.1. The van der Waals surface area contributed by atoms with E-state index in [9.17, 15) is 4.79 Å². The van der Waals surface area contributed by atoms with Gasteiger partial charge in [-0.2, -0.15) is 0 Å². The minimum Gasteiger partial charge on any atom is -0.496 e. The molecule has 1 aromatic carbocycles. The second-order valence-corrected chi connectivity index (χ2v) is 6.11. The van der Waals surface area contributed by atoms with Crippen LogP contribution < -0.4 is 15.4 Å². The van der Waals surface area contributed by atoms with E-state index in [2.05, 4.69) is 28.6 Å². The Bertz CT molecular complexity index is 571. The molecule has 1 unspecified atom stereocenters. The Hall–Kier alpha value is -2.24. The van der Waals surface area contributed by atoms with Gasteiger partial charge in [0.1, 0.15) is 5.75 Å². The van der Waals surface area contributed by atoms with Crippen LogP contribution in [0.4, 0.5) is 0 Å². The van der Waals surface area contributed by atoms with Crippen molar-refractivity contribution in [3.8, 4) is 5.75 Å². The SMILES string of the molecule is CCNC(=NCC(C)c1ccccc1OC)NCCC(=O)N(CC)CC. The molecular formula is C20H34N4O2. The van der Waals surface area contributed by atoms with Crippen LogP contribution in [0.5, 0.6) is 5.75 Å². The fourth-order valence-electron chi connectivity index (χ4n) is 2.76. The maximum Gasteiger partial charge on any atom is 0.224 e. The summed E-state index contributed by atoms with van der Waals surface area (Å²) >= 11 is 0. The molecule has 0 heterocycles. The van der Waals surface area contributed by atoms with Crippen molar-refractivity contribution in [3.63, 3.8) is 0 Å². The van der Waals surface area contributed by atoms with Crippen LogP contribution in [0.15, 0.2) is 29.3 Å². The molecule has 0 saturated heterocycles. The quantitative estimate of drug-likeness (QED) is 0.496. The number of carbonyl (C=O) groups is 1. The monoisotopic (exact) mass is 362 g/mol. The zero-order chi connectivity index (χ0) is 19.4. The second kappa shape index (κ2) is 12.2. The summed E-state index contributed by atoms with van der Waals surface area (Å²) in [7, 11) is 1.69. The Morgan fingerprint density at radius 1 is 1.19 bits per heavy atom. The van der Waals surface area contributed by atoms with Crippen molar-refractivity contribution in [2.24, 2.45) is 4.99 Å². The van der Waals surface area contributed by atoms with Crippen molar-refractivity contribution < 1.29 is 9.53 Å². The first-order valence-corrected chi connectivity index (χ1v) is 9.50. The lowest BCUT2D eigenvalue weighted by Gasteiger charge is -2.19. The van der Waals surface area contributed by atoms with Crippen LogP contribution in [0.3, 0.4) is 0 Å². The fraction of sp³-hybridized carbons (Fsp3) is 0.600. The minimum atomic E-state index is 0.167. The Morgan fingerprint density at radius 3 is 2.50 bits per heavy atom. The van der Waals surface area contributed by atoms with Crippen molar-refractivity contribution in [1.29, 1.82) is 0 Å². The number of benzene rings is 1. The van der Waals surface area contributed by atoms with E-state index in [-0.39, 0.29) is 11.8 Å². The molecule has 0 aromatic heterocycles. The Labute approximate surface area is 158 Å². The van der Waals surface area contributed by atoms with Crippen molar-refractivity contribution in [3.05, 3.63) is 29.8 Å². The number of nitrogens with one attached hydrogen (secondary N) is 2. The summed E-state index contributed by atoms with van der Waals surface area (Å²) in [5, 5.41) is 6.48. The molecule has 0 saturated carbocycles. The van der Waals surface area contributed by atoms with Gasteiger partial charge >= 0.3 is 0 Å². The first kappa shape index (κ1) is 21.8. The highest BCUT2D eigenvalue weighted by atomic mass is 16.5. The molecule has 146 valence electrons. The summed E-state index contributed by atoms with van der Waals surface area (Å²) in [6.07, 6.45) is 0.466. The van der Waals surface area contributed by atoms with Gasteiger partial charge in [-0.15, -0.1) is 0 Å². The van der Waals surface area contributed by atoms with Gasteiger partial charge in [0.2, 0.25) is 5.91 Å². The minimum absolute atomic E-state index is 0.167. The fourth-order valence-corrected chi connectivity index (χ4v) is 2.76. The number of methoxy groups -OCH3 is 1. The second-order valence-electron chi connectivity index (χ2n) is 6.11. The van der Waals surface area contributed by atoms with Gasteiger partial charge in [0.25, 0.3) is 0 Å². The molecule has 26 heavy (non-hydrogen) atoms. The van der Waals surface area contributed by atoms with E-state index in [1.165, 1.54) is 0 Å². The molecule has 0 aliphatic carbocycles. The summed E-state index contributed by atoms with van der Waals surface area (Å²) in [4.78, 5) is 18.6. The lowest BCUT2D eigenvalue weighted by molar-refractivity contribution is -0.130. The van der Waals surface area contributed by atoms with Gasteiger partial charge in [0.15, 0.2) is 5.96 Å². The lowest BCUT2D eigenvalue weighted by atomic mass is 10.0. The number of para-hydroxylation sites is 1. The first-order valence-electron chi connectivity index (χ1n) is 9.50. The summed E-state index contributed by atoms with van der Waals surface area (Å²) < 4.78 is 5.43. The van der Waals surface area contributed by atoms with Crippen LogP contribution in [-0.2, 0) is 4.79 Å². The molecule has 2 N–H and O–H groups in total. The van der Waals surface area contributed by atoms with Crippen molar-refractivity contribution in [2.45, 2.75) is 40.0 Å². The van der Waals surface area contributed by atoms with Gasteiger partial charge < -0.3 is 20.3 Å². The molecular weight excluding hydrogens is 328 g/mol. The standard InChI is InChI=1S/C20H34N4O2/c1-6-21-20(22-14-13-19(25)24(7-2)8-3)23-15-16(4)17-11-9-10-12-18(17)26-5/h9-12,16H,6-8,13-15H2,1-5H3,(H2,21,22,23). The highest BCUT2D eigenvalue weighted by Crippen LogP contribution is 2.26. The number of hydrogen-bond acceptors (Lipinski definition) is 3. The third kappa shape index (κ3) is 6.94. The molecule has 0 aliphatic heterocycles. The molecule has 0 aliphatic rings. The smallest absolute Gasteiger partial charge is 0.224 e. The molecule has 1 amide bonds. The molecule has 0 fully saturated rings. The average Bonchev–Trinajstić information content (AvgIpc) is 2.66. The zero-order valence-electron chi connectivity index (χ0n) is 16.8. The van der Waals surface area contributed by atoms with E-state index < -0.39 is 0 Å². The normalized spacial score (nSPS) is 12.4. The van der Waals surface area contributed by atoms with Crippen LogP contribution >= 0.6 is 0 Å². The third-order valence-corrected chi connectivity index (χ3v) is 4.28. The van der Waals surface area contributed by atoms with Crippen molar-refractivity contribution >= 4 is 11.9 Å². The van der Waals surface area contributed by atoms with Gasteiger partial charge in [-0.3, -0.25) is 9.79 Å². The van der Waals surface area contributed by atoms with Gasteiger partial charge in [0.05, 0.1) is 7.11 Å². The maximum atomic E-state index is 12.1. The average molecular weight is 363 g/mol. The van der Waals surface area contributed by atoms with Crippen molar-refractivity contribution in [2.75, 3.05) is 39.8 Å². The molecule has 0 spiro atoms. The van der Waals surface area contributed by atoms with Crippen LogP contribution in [0.2, 0.25) is 0 Å². The van der Waals surface area contributed by atoms with E-state index in [1.54, 1.807) is 7.11 Å². The van der Waals surface area contributed by atoms with Crippen LogP contribution in [0.1, 0.15) is 45.6 Å². The number of nitrogens with zero attached hydrogens (tertiary/aromatic N) is 2. The van der Waals surface area contributed by atoms with E-state index in [0.717, 1.165) is 36.9 Å². The third-order valence-electron chi connectivity index (χ3n) is 4.28. The summed E-state index contributed by atoms with van der Waals surface area (Å²) in [5.41, 5.74) is 1.14. The van der Waals surface area contributed by atoms with E-state index in [1.807, 2.05) is 43.9 Å². The first-order chi connectivity index (χ1) is 12.6. The number of ether oxygens (including phenoxy) is 1. The number of amides is 1. The van der Waals surface area contributed by atoms with E-state index in [4.69, 9.17) is 4.74 Å². The molecule has 0 radical (unpaired) electrons. The van der Waals surface area contributed by atoms with Gasteiger partial charge in [-0.05, 0) is 32.4 Å². The lowest BCUT2D eigenvalue weighted by Crippen LogP contribution is -2.40. The molecule has 1 atom stereocenters. The van der Waals surface area contributed by atoms with Gasteiger partial charge in [0, 0.05) is 45.1 Å². The van der Waals surface area contributed by atoms with Gasteiger partial charge in [-0.1, -0.05) is 25.1 Å². The topological polar surface area (TPSA) is 66.0 Å². The number of aliphatic imine (C=N–C) groups is 1. The van der Waals surface area contributed by atoms with Crippen LogP contribution in [0, 0.1) is 0 Å². The number of guanidine groups is 1. The largest absolute Gasteiger partial charge is 0.496 e. The van der Waals surface area contributed by atoms with Crippen LogP contribution in [-0.4, -0.2) is 56.6 Å². The summed E-state index contributed by atoms with van der Waals surface area (Å²) in [6, 6.07) is 8.02. The predicted octanol–water partition coefficient (Wildman–Crippen LogP) is 2.61. The molecule has 0 bridgehead atoms. The highest BCUT2D eigenvalue weighted by molar-refractivity contribution is 5.81. The molecule has 1 rings (SSSR count). The number of carbonyl (C=O) groups excluding carboxylic acids is 1. The highest BCUT2D eigenvalue weighted by Gasteiger charge is 2.12.